The molecule has 1 aromatic carbocycles. The molecule has 1 aromatic heterocycles. The molecule has 2 N–H and O–H groups in total. The predicted octanol–water partition coefficient (Wildman–Crippen LogP) is 3.04. The molecular weight excluding hydrogens is 364 g/mol. The zero-order chi connectivity index (χ0) is 19.6. The molecule has 7 heteroatoms. The lowest BCUT2D eigenvalue weighted by Gasteiger charge is -2.22. The molecular formula is C20H26N2O4S. The summed E-state index contributed by atoms with van der Waals surface area (Å²) in [5, 5.41) is 0.0425. The van der Waals surface area contributed by atoms with E-state index in [1.54, 1.807) is 6.07 Å². The summed E-state index contributed by atoms with van der Waals surface area (Å²) in [7, 11) is -3.38. The van der Waals surface area contributed by atoms with E-state index < -0.39 is 9.84 Å². The summed E-state index contributed by atoms with van der Waals surface area (Å²) in [5.74, 6) is 2.27. The minimum Gasteiger partial charge on any atom is -0.493 e. The van der Waals surface area contributed by atoms with Gasteiger partial charge in [0.2, 0.25) is 0 Å². The van der Waals surface area contributed by atoms with Crippen LogP contribution in [0.25, 0.3) is 11.1 Å². The summed E-state index contributed by atoms with van der Waals surface area (Å²) in [6.45, 7) is 6.01. The van der Waals surface area contributed by atoms with Crippen LogP contribution in [0.4, 0.5) is 0 Å². The maximum Gasteiger partial charge on any atom is 0.192 e. The van der Waals surface area contributed by atoms with E-state index in [4.69, 9.17) is 15.2 Å². The average molecular weight is 391 g/mol. The minimum absolute atomic E-state index is 0.0425. The summed E-state index contributed by atoms with van der Waals surface area (Å²) < 4.78 is 35.3. The number of aromatic nitrogens is 1. The molecule has 27 heavy (non-hydrogen) atoms. The lowest BCUT2D eigenvalue weighted by atomic mass is 9.97. The Bertz CT molecular complexity index is 928. The van der Waals surface area contributed by atoms with Crippen LogP contribution in [0.3, 0.4) is 0 Å². The molecule has 2 heterocycles. The Morgan fingerprint density at radius 2 is 2.00 bits per heavy atom. The molecule has 3 rings (SSSR count). The molecule has 0 fully saturated rings. The smallest absolute Gasteiger partial charge is 0.192 e. The highest BCUT2D eigenvalue weighted by Crippen LogP contribution is 2.39. The molecule has 1 aliphatic rings. The summed E-state index contributed by atoms with van der Waals surface area (Å²) >= 11 is 0. The van der Waals surface area contributed by atoms with Gasteiger partial charge < -0.3 is 15.2 Å². The van der Waals surface area contributed by atoms with Crippen LogP contribution in [-0.4, -0.2) is 32.8 Å². The fourth-order valence-electron chi connectivity index (χ4n) is 3.24. The number of hydrogen-bond donors (Lipinski definition) is 1. The van der Waals surface area contributed by atoms with Crippen molar-refractivity contribution < 1.29 is 17.9 Å². The molecule has 0 spiro atoms. The van der Waals surface area contributed by atoms with Gasteiger partial charge in [-0.1, -0.05) is 19.9 Å². The predicted molar refractivity (Wildman–Crippen MR) is 105 cm³/mol. The van der Waals surface area contributed by atoms with Crippen molar-refractivity contribution in [1.82, 2.24) is 4.98 Å². The second kappa shape index (κ2) is 7.86. The highest BCUT2D eigenvalue weighted by molar-refractivity contribution is 7.90. The summed E-state index contributed by atoms with van der Waals surface area (Å²) in [5.41, 5.74) is 8.33. The van der Waals surface area contributed by atoms with E-state index in [1.807, 2.05) is 18.2 Å². The number of nitrogens with two attached hydrogens (primary N) is 1. The van der Waals surface area contributed by atoms with Gasteiger partial charge in [-0.2, -0.15) is 0 Å². The van der Waals surface area contributed by atoms with E-state index in [2.05, 4.69) is 18.8 Å². The third-order valence-corrected chi connectivity index (χ3v) is 5.70. The van der Waals surface area contributed by atoms with Crippen LogP contribution in [0.1, 0.15) is 25.8 Å². The standard InChI is InChI=1S/C20H26N2O4S/c1-13(9-21)6-14(2)11-25-16-4-5-17-15(7-16)12-26-19-10-22-20(8-18(17)19)27(3,23)24/h4-5,7-8,10,13-14H,6,9,11-12,21H2,1-3H3. The maximum absolute atomic E-state index is 11.8. The first kappa shape index (κ1) is 19.6. The van der Waals surface area contributed by atoms with Gasteiger partial charge in [0.15, 0.2) is 14.9 Å². The number of nitrogens with zero attached hydrogens (tertiary/aromatic N) is 1. The molecule has 0 aliphatic carbocycles. The topological polar surface area (TPSA) is 91.5 Å². The SMILES string of the molecule is CC(CN)CC(C)COc1ccc2c(c1)COc1cnc(S(C)(=O)=O)cc1-2. The van der Waals surface area contributed by atoms with Crippen LogP contribution >= 0.6 is 0 Å². The molecule has 2 aromatic rings. The van der Waals surface area contributed by atoms with Crippen LogP contribution in [0.2, 0.25) is 0 Å². The van der Waals surface area contributed by atoms with Gasteiger partial charge in [-0.25, -0.2) is 13.4 Å². The van der Waals surface area contributed by atoms with Crippen molar-refractivity contribution >= 4 is 9.84 Å². The summed E-state index contributed by atoms with van der Waals surface area (Å²) in [6.07, 6.45) is 3.65. The number of sulfone groups is 1. The molecule has 1 aliphatic heterocycles. The Hall–Kier alpha value is -2.12. The Morgan fingerprint density at radius 3 is 2.70 bits per heavy atom. The molecule has 0 amide bonds. The number of benzene rings is 1. The Balaban J connectivity index is 1.79. The van der Waals surface area contributed by atoms with Gasteiger partial charge >= 0.3 is 0 Å². The van der Waals surface area contributed by atoms with E-state index in [-0.39, 0.29) is 5.03 Å². The first-order chi connectivity index (χ1) is 12.8. The van der Waals surface area contributed by atoms with Crippen LogP contribution in [-0.2, 0) is 16.4 Å². The summed E-state index contributed by atoms with van der Waals surface area (Å²) in [6, 6.07) is 7.39. The molecule has 0 radical (unpaired) electrons. The van der Waals surface area contributed by atoms with Crippen molar-refractivity contribution in [1.29, 1.82) is 0 Å². The summed E-state index contributed by atoms with van der Waals surface area (Å²) in [4.78, 5) is 3.99. The van der Waals surface area contributed by atoms with Gasteiger partial charge in [0, 0.05) is 17.4 Å². The monoisotopic (exact) mass is 390 g/mol. The van der Waals surface area contributed by atoms with E-state index in [1.165, 1.54) is 6.20 Å². The van der Waals surface area contributed by atoms with E-state index in [0.717, 1.165) is 35.1 Å². The van der Waals surface area contributed by atoms with Crippen LogP contribution < -0.4 is 15.2 Å². The van der Waals surface area contributed by atoms with E-state index >= 15 is 0 Å². The number of ether oxygens (including phenoxy) is 2. The highest BCUT2D eigenvalue weighted by Gasteiger charge is 2.21. The van der Waals surface area contributed by atoms with E-state index in [9.17, 15) is 8.42 Å². The third-order valence-electron chi connectivity index (χ3n) is 4.71. The molecule has 0 saturated carbocycles. The molecule has 0 bridgehead atoms. The van der Waals surface area contributed by atoms with Gasteiger partial charge in [-0.05, 0) is 48.6 Å². The lowest BCUT2D eigenvalue weighted by molar-refractivity contribution is 0.235. The number of rotatable bonds is 7. The van der Waals surface area contributed by atoms with Gasteiger partial charge in [-0.3, -0.25) is 0 Å². The van der Waals surface area contributed by atoms with Crippen LogP contribution in [0.15, 0.2) is 35.5 Å². The number of hydrogen-bond acceptors (Lipinski definition) is 6. The first-order valence-corrected chi connectivity index (χ1v) is 11.0. The van der Waals surface area contributed by atoms with Crippen LogP contribution in [0.5, 0.6) is 11.5 Å². The van der Waals surface area contributed by atoms with Gasteiger partial charge in [0.1, 0.15) is 18.1 Å². The first-order valence-electron chi connectivity index (χ1n) is 9.07. The number of pyridine rings is 1. The largest absolute Gasteiger partial charge is 0.493 e. The lowest BCUT2D eigenvalue weighted by Crippen LogP contribution is -2.17. The average Bonchev–Trinajstić information content (AvgIpc) is 2.64. The highest BCUT2D eigenvalue weighted by atomic mass is 32.2. The molecule has 2 unspecified atom stereocenters. The Kier molecular flexibility index (Phi) is 5.72. The molecule has 0 saturated heterocycles. The van der Waals surface area contributed by atoms with Crippen molar-refractivity contribution in [3.05, 3.63) is 36.0 Å². The zero-order valence-corrected chi connectivity index (χ0v) is 16.8. The normalized spacial score (nSPS) is 15.3. The van der Waals surface area contributed by atoms with Crippen molar-refractivity contribution in [3.63, 3.8) is 0 Å². The van der Waals surface area contributed by atoms with Crippen LogP contribution in [0, 0.1) is 11.8 Å². The molecule has 6 nitrogen and oxygen atoms in total. The van der Waals surface area contributed by atoms with Gasteiger partial charge in [-0.15, -0.1) is 0 Å². The van der Waals surface area contributed by atoms with Gasteiger partial charge in [0.05, 0.1) is 12.8 Å². The fourth-order valence-corrected chi connectivity index (χ4v) is 3.82. The maximum atomic E-state index is 11.8. The molecule has 146 valence electrons. The fraction of sp³-hybridized carbons (Fsp3) is 0.450. The van der Waals surface area contributed by atoms with E-state index in [0.29, 0.717) is 37.3 Å². The van der Waals surface area contributed by atoms with Crippen molar-refractivity contribution in [2.24, 2.45) is 17.6 Å². The van der Waals surface area contributed by atoms with Crippen molar-refractivity contribution in [3.8, 4) is 22.6 Å². The zero-order valence-electron chi connectivity index (χ0n) is 15.9. The Labute approximate surface area is 160 Å². The molecule has 2 atom stereocenters. The quantitative estimate of drug-likeness (QED) is 0.781. The van der Waals surface area contributed by atoms with Gasteiger partial charge in [0.25, 0.3) is 0 Å². The van der Waals surface area contributed by atoms with Crippen molar-refractivity contribution in [2.75, 3.05) is 19.4 Å². The second-order valence-corrected chi connectivity index (χ2v) is 9.35. The number of fused-ring (bicyclic) bond motifs is 3. The third kappa shape index (κ3) is 4.59. The Morgan fingerprint density at radius 1 is 1.22 bits per heavy atom. The minimum atomic E-state index is -3.38. The second-order valence-electron chi connectivity index (χ2n) is 7.39. The van der Waals surface area contributed by atoms with Crippen molar-refractivity contribution in [2.45, 2.75) is 31.9 Å².